The van der Waals surface area contributed by atoms with Gasteiger partial charge in [-0.3, -0.25) is 9.59 Å². The number of halogens is 2. The lowest BCUT2D eigenvalue weighted by atomic mass is 10.0. The van der Waals surface area contributed by atoms with Crippen molar-refractivity contribution in [3.8, 4) is 11.4 Å². The van der Waals surface area contributed by atoms with Crippen molar-refractivity contribution < 1.29 is 37.8 Å². The van der Waals surface area contributed by atoms with Gasteiger partial charge in [0.15, 0.2) is 0 Å². The number of tetrazole rings is 1. The molecule has 1 saturated heterocycles. The molecule has 1 unspecified atom stereocenters. The fraction of sp³-hybridized carbons (Fsp3) is 0.594. The van der Waals surface area contributed by atoms with Crippen LogP contribution in [-0.4, -0.2) is 98.0 Å². The van der Waals surface area contributed by atoms with Crippen molar-refractivity contribution in [3.05, 3.63) is 35.9 Å². The number of amides is 3. The number of rotatable bonds is 5. The molecule has 5 rings (SSSR count). The van der Waals surface area contributed by atoms with Crippen LogP contribution in [-0.2, 0) is 19.1 Å². The van der Waals surface area contributed by atoms with Crippen LogP contribution >= 0.6 is 0 Å². The molecule has 260 valence electrons. The molecule has 2 aromatic rings. The lowest BCUT2D eigenvalue weighted by molar-refractivity contribution is -0.145. The number of carboxylic acid groups (broad SMARTS) is 1. The van der Waals surface area contributed by atoms with E-state index in [9.17, 15) is 33.1 Å². The van der Waals surface area contributed by atoms with Crippen molar-refractivity contribution in [1.82, 2.24) is 35.7 Å². The van der Waals surface area contributed by atoms with Gasteiger partial charge >= 0.3 is 12.1 Å². The van der Waals surface area contributed by atoms with Gasteiger partial charge < -0.3 is 30.3 Å². The van der Waals surface area contributed by atoms with Crippen molar-refractivity contribution in [1.29, 1.82) is 0 Å². The summed E-state index contributed by atoms with van der Waals surface area (Å²) in [4.78, 5) is 57.0. The highest BCUT2D eigenvalue weighted by Gasteiger charge is 2.61. The Hall–Kier alpha value is -4.63. The predicted molar refractivity (Wildman–Crippen MR) is 169 cm³/mol. The van der Waals surface area contributed by atoms with Crippen LogP contribution in [0.3, 0.4) is 0 Å². The number of aromatic nitrogens is 4. The topological polar surface area (TPSA) is 172 Å². The van der Waals surface area contributed by atoms with E-state index in [1.54, 1.807) is 20.8 Å². The van der Waals surface area contributed by atoms with Crippen LogP contribution in [0.4, 0.5) is 19.3 Å². The number of ether oxygens (including phenoxy) is 1. The zero-order chi connectivity index (χ0) is 35.0. The summed E-state index contributed by atoms with van der Waals surface area (Å²) in [6.07, 6.45) is 6.30. The number of nitrogens with zero attached hydrogens (tertiary/aromatic N) is 6. The molecule has 0 radical (unpaired) electrons. The molecule has 5 atom stereocenters. The molecule has 14 nitrogen and oxygen atoms in total. The van der Waals surface area contributed by atoms with Gasteiger partial charge in [0.2, 0.25) is 17.6 Å². The molecule has 2 aliphatic heterocycles. The molecule has 3 amide bonds. The maximum atomic E-state index is 14.7. The molecule has 3 N–H and O–H groups in total. The minimum atomic E-state index is -1.50. The number of benzene rings is 1. The molecule has 48 heavy (non-hydrogen) atoms. The van der Waals surface area contributed by atoms with Crippen LogP contribution in [0, 0.1) is 17.6 Å². The number of nitrogens with one attached hydrogen (secondary N) is 2. The van der Waals surface area contributed by atoms with Crippen LogP contribution in [0.25, 0.3) is 11.4 Å². The van der Waals surface area contributed by atoms with Crippen molar-refractivity contribution in [2.75, 3.05) is 25.5 Å². The number of hydrogen-bond acceptors (Lipinski definition) is 9. The van der Waals surface area contributed by atoms with Crippen molar-refractivity contribution in [3.63, 3.8) is 0 Å². The lowest BCUT2D eigenvalue weighted by Gasteiger charge is -2.30. The van der Waals surface area contributed by atoms with Gasteiger partial charge in [-0.05, 0) is 63.8 Å². The summed E-state index contributed by atoms with van der Waals surface area (Å²) in [5.74, 6) is -4.48. The molecule has 3 aliphatic rings. The SMILES string of the molecule is CN(C)c1c(F)cc(-c2nnn(C3C[C@H]4C(=O)N[C@@]5(C(=O)O)C[C@H]5/C=C\CCCCC[C@@H](NC(=O)OC(C)(C)C)C(=O)N4C3)n2)cc1F. The summed E-state index contributed by atoms with van der Waals surface area (Å²) < 4.78 is 34.9. The molecule has 3 heterocycles. The zero-order valence-electron chi connectivity index (χ0n) is 27.7. The number of anilines is 1. The number of alkyl carbamates (subject to hydrolysis) is 1. The molecule has 0 bridgehead atoms. The van der Waals surface area contributed by atoms with Crippen LogP contribution in [0.5, 0.6) is 0 Å². The quantitative estimate of drug-likeness (QED) is 0.401. The second-order valence-electron chi connectivity index (χ2n) is 13.9. The third-order valence-electron chi connectivity index (χ3n) is 8.81. The van der Waals surface area contributed by atoms with Crippen LogP contribution < -0.4 is 15.5 Å². The predicted octanol–water partition coefficient (Wildman–Crippen LogP) is 3.20. The van der Waals surface area contributed by atoms with E-state index < -0.39 is 70.7 Å². The van der Waals surface area contributed by atoms with Crippen LogP contribution in [0.15, 0.2) is 24.3 Å². The van der Waals surface area contributed by atoms with Gasteiger partial charge in [0.25, 0.3) is 0 Å². The fourth-order valence-corrected chi connectivity index (χ4v) is 6.31. The Morgan fingerprint density at radius 2 is 1.85 bits per heavy atom. The normalized spacial score (nSPS) is 27.1. The number of carbonyl (C=O) groups excluding carboxylic acids is 3. The maximum absolute atomic E-state index is 14.7. The van der Waals surface area contributed by atoms with Crippen molar-refractivity contribution >= 4 is 29.6 Å². The number of hydrogen-bond donors (Lipinski definition) is 3. The Morgan fingerprint density at radius 3 is 2.50 bits per heavy atom. The van der Waals surface area contributed by atoms with E-state index in [0.29, 0.717) is 12.8 Å². The van der Waals surface area contributed by atoms with E-state index in [0.717, 1.165) is 25.0 Å². The number of allylic oxidation sites excluding steroid dienone is 1. The highest BCUT2D eigenvalue weighted by atomic mass is 19.1. The molecular formula is C32H42F2N8O6. The molecule has 16 heteroatoms. The molecule has 2 fully saturated rings. The maximum Gasteiger partial charge on any atom is 0.408 e. The number of aliphatic carboxylic acids is 1. The summed E-state index contributed by atoms with van der Waals surface area (Å²) in [7, 11) is 3.02. The zero-order valence-corrected chi connectivity index (χ0v) is 27.7. The van der Waals surface area contributed by atoms with Crippen LogP contribution in [0.2, 0.25) is 0 Å². The molecular weight excluding hydrogens is 630 g/mol. The summed E-state index contributed by atoms with van der Waals surface area (Å²) in [5.41, 5.74) is -2.50. The fourth-order valence-electron chi connectivity index (χ4n) is 6.31. The van der Waals surface area contributed by atoms with Crippen molar-refractivity contribution in [2.45, 2.75) is 95.0 Å². The second-order valence-corrected chi connectivity index (χ2v) is 13.9. The van der Waals surface area contributed by atoms with Gasteiger partial charge in [-0.1, -0.05) is 25.0 Å². The molecule has 1 aromatic heterocycles. The summed E-state index contributed by atoms with van der Waals surface area (Å²) in [6.45, 7) is 5.02. The van der Waals surface area contributed by atoms with E-state index in [-0.39, 0.29) is 42.9 Å². The lowest BCUT2D eigenvalue weighted by Crippen LogP contribution is -2.56. The van der Waals surface area contributed by atoms with Gasteiger partial charge in [-0.15, -0.1) is 10.2 Å². The van der Waals surface area contributed by atoms with Gasteiger partial charge in [0.05, 0.1) is 6.04 Å². The van der Waals surface area contributed by atoms with E-state index in [2.05, 4.69) is 26.0 Å². The first kappa shape index (κ1) is 34.7. The first-order valence-electron chi connectivity index (χ1n) is 16.1. The largest absolute Gasteiger partial charge is 0.479 e. The third kappa shape index (κ3) is 7.41. The average Bonchev–Trinajstić information content (AvgIpc) is 3.30. The van der Waals surface area contributed by atoms with Gasteiger partial charge in [0.1, 0.15) is 40.5 Å². The summed E-state index contributed by atoms with van der Waals surface area (Å²) >= 11 is 0. The Morgan fingerprint density at radius 1 is 1.15 bits per heavy atom. The van der Waals surface area contributed by atoms with E-state index >= 15 is 0 Å². The third-order valence-corrected chi connectivity index (χ3v) is 8.81. The monoisotopic (exact) mass is 672 g/mol. The molecule has 1 aliphatic carbocycles. The number of carbonyl (C=O) groups is 4. The second kappa shape index (κ2) is 13.5. The van der Waals surface area contributed by atoms with Gasteiger partial charge in [-0.2, -0.15) is 4.80 Å². The molecule has 0 spiro atoms. The highest BCUT2D eigenvalue weighted by molar-refractivity contribution is 5.96. The Balaban J connectivity index is 1.45. The smallest absolute Gasteiger partial charge is 0.408 e. The first-order chi connectivity index (χ1) is 22.6. The van der Waals surface area contributed by atoms with Gasteiger partial charge in [-0.25, -0.2) is 18.4 Å². The first-order valence-corrected chi connectivity index (χ1v) is 16.1. The molecule has 1 aromatic carbocycles. The van der Waals surface area contributed by atoms with Crippen LogP contribution in [0.1, 0.15) is 71.8 Å². The standard InChI is InChI=1S/C32H42F2N8O6/c1-31(2,3)48-30(47)35-23-12-10-8-6-7-9-11-19-16-32(19,29(45)46)36-27(43)24-15-20(17-41(24)28(23)44)42-38-26(37-39-42)18-13-21(33)25(40(4)5)22(34)14-18/h9,11,13-14,19-20,23-24H,6-8,10,12,15-17H2,1-5H3,(H,35,47)(H,36,43)(H,45,46)/b11-9-/t19-,20?,23-,24+,32+/m1/s1. The minimum absolute atomic E-state index is 0.00890. The van der Waals surface area contributed by atoms with E-state index in [1.807, 2.05) is 12.2 Å². The average molecular weight is 673 g/mol. The van der Waals surface area contributed by atoms with E-state index in [4.69, 9.17) is 4.74 Å². The highest BCUT2D eigenvalue weighted by Crippen LogP contribution is 2.45. The Bertz CT molecular complexity index is 1580. The molecule has 1 saturated carbocycles. The summed E-state index contributed by atoms with van der Waals surface area (Å²) in [5, 5.41) is 27.8. The Labute approximate surface area is 276 Å². The number of carboxylic acids is 1. The summed E-state index contributed by atoms with van der Waals surface area (Å²) in [6, 6.07) is -0.696. The van der Waals surface area contributed by atoms with E-state index in [1.165, 1.54) is 28.7 Å². The van der Waals surface area contributed by atoms with Gasteiger partial charge in [0, 0.05) is 38.5 Å². The van der Waals surface area contributed by atoms with Crippen molar-refractivity contribution in [2.24, 2.45) is 5.92 Å². The Kier molecular flexibility index (Phi) is 9.74. The number of fused-ring (bicyclic) bond motifs is 2. The minimum Gasteiger partial charge on any atom is -0.479 e.